The Morgan fingerprint density at radius 3 is 2.62 bits per heavy atom. The van der Waals surface area contributed by atoms with E-state index < -0.39 is 15.9 Å². The first-order chi connectivity index (χ1) is 12.3. The minimum absolute atomic E-state index is 0.101. The van der Waals surface area contributed by atoms with Crippen LogP contribution in [0, 0.1) is 0 Å². The molecule has 8 heteroatoms. The van der Waals surface area contributed by atoms with Gasteiger partial charge in [-0.25, -0.2) is 8.42 Å². The van der Waals surface area contributed by atoms with Crippen LogP contribution in [0.3, 0.4) is 0 Å². The maximum absolute atomic E-state index is 12.0. The van der Waals surface area contributed by atoms with Gasteiger partial charge in [0.05, 0.1) is 25.0 Å². The summed E-state index contributed by atoms with van der Waals surface area (Å²) >= 11 is 0. The molecule has 7 nitrogen and oxygen atoms in total. The van der Waals surface area contributed by atoms with Gasteiger partial charge in [0.25, 0.3) is 0 Å². The van der Waals surface area contributed by atoms with Crippen LogP contribution in [0.1, 0.15) is 37.7 Å². The van der Waals surface area contributed by atoms with Gasteiger partial charge in [-0.05, 0) is 49.8 Å². The van der Waals surface area contributed by atoms with Gasteiger partial charge in [-0.15, -0.1) is 0 Å². The molecule has 0 heterocycles. The van der Waals surface area contributed by atoms with Gasteiger partial charge in [0.15, 0.2) is 11.5 Å². The van der Waals surface area contributed by atoms with E-state index in [0.29, 0.717) is 11.5 Å². The molecule has 0 saturated heterocycles. The third kappa shape index (κ3) is 6.49. The lowest BCUT2D eigenvalue weighted by Gasteiger charge is -2.17. The summed E-state index contributed by atoms with van der Waals surface area (Å²) in [5.41, 5.74) is 6.62. The van der Waals surface area contributed by atoms with E-state index in [1.807, 2.05) is 18.2 Å². The standard InChI is InChI=1S/C18H28N2O5S/c1-24-16-8-7-13(11-17(16)25-14-5-3-4-6-14)12-20-18(21)15(19)9-10-26(2,22)23/h7-8,11,14-15H,3-6,9-10,12,19H2,1-2H3,(H,20,21). The summed E-state index contributed by atoms with van der Waals surface area (Å²) in [4.78, 5) is 12.0. The molecule has 0 bridgehead atoms. The molecule has 1 atom stereocenters. The van der Waals surface area contributed by atoms with Crippen LogP contribution in [0.4, 0.5) is 0 Å². The normalized spacial score (nSPS) is 16.3. The van der Waals surface area contributed by atoms with Crippen molar-refractivity contribution in [1.82, 2.24) is 5.32 Å². The monoisotopic (exact) mass is 384 g/mol. The Labute approximate surface area is 155 Å². The highest BCUT2D eigenvalue weighted by Gasteiger charge is 2.19. The number of nitrogens with one attached hydrogen (secondary N) is 1. The summed E-state index contributed by atoms with van der Waals surface area (Å²) in [5.74, 6) is 0.857. The Balaban J connectivity index is 1.92. The largest absolute Gasteiger partial charge is 0.493 e. The maximum atomic E-state index is 12.0. The molecule has 1 saturated carbocycles. The van der Waals surface area contributed by atoms with Crippen molar-refractivity contribution in [2.24, 2.45) is 5.73 Å². The Morgan fingerprint density at radius 1 is 1.31 bits per heavy atom. The second-order valence-electron chi connectivity index (χ2n) is 6.75. The number of nitrogens with two attached hydrogens (primary N) is 1. The maximum Gasteiger partial charge on any atom is 0.237 e. The van der Waals surface area contributed by atoms with Gasteiger partial charge in [0.2, 0.25) is 5.91 Å². The molecule has 1 amide bonds. The van der Waals surface area contributed by atoms with Crippen LogP contribution in [-0.2, 0) is 21.2 Å². The summed E-state index contributed by atoms with van der Waals surface area (Å²) in [6.07, 6.45) is 5.86. The lowest BCUT2D eigenvalue weighted by molar-refractivity contribution is -0.122. The Bertz CT molecular complexity index is 714. The number of hydrogen-bond donors (Lipinski definition) is 2. The van der Waals surface area contributed by atoms with E-state index >= 15 is 0 Å². The quantitative estimate of drug-likeness (QED) is 0.666. The summed E-state index contributed by atoms with van der Waals surface area (Å²) in [6, 6.07) is 4.68. The number of ether oxygens (including phenoxy) is 2. The van der Waals surface area contributed by atoms with Crippen molar-refractivity contribution in [3.63, 3.8) is 0 Å². The number of carbonyl (C=O) groups is 1. The molecular weight excluding hydrogens is 356 g/mol. The second kappa shape index (κ2) is 9.23. The number of amides is 1. The fourth-order valence-corrected chi connectivity index (χ4v) is 3.58. The molecule has 1 aliphatic carbocycles. The van der Waals surface area contributed by atoms with Crippen molar-refractivity contribution >= 4 is 15.7 Å². The van der Waals surface area contributed by atoms with Crippen LogP contribution >= 0.6 is 0 Å². The predicted molar refractivity (Wildman–Crippen MR) is 100 cm³/mol. The molecule has 146 valence electrons. The first kappa shape index (κ1) is 20.5. The molecule has 2 rings (SSSR count). The van der Waals surface area contributed by atoms with Crippen LogP contribution in [0.25, 0.3) is 0 Å². The fraction of sp³-hybridized carbons (Fsp3) is 0.611. The van der Waals surface area contributed by atoms with E-state index in [0.717, 1.165) is 24.7 Å². The summed E-state index contributed by atoms with van der Waals surface area (Å²) in [7, 11) is -1.54. The highest BCUT2D eigenvalue weighted by Crippen LogP contribution is 2.32. The van der Waals surface area contributed by atoms with Gasteiger partial charge in [-0.1, -0.05) is 6.07 Å². The van der Waals surface area contributed by atoms with Gasteiger partial charge < -0.3 is 20.5 Å². The van der Waals surface area contributed by atoms with Crippen LogP contribution in [0.15, 0.2) is 18.2 Å². The number of benzene rings is 1. The molecule has 0 spiro atoms. The third-order valence-corrected chi connectivity index (χ3v) is 5.40. The molecule has 26 heavy (non-hydrogen) atoms. The first-order valence-corrected chi connectivity index (χ1v) is 10.9. The molecule has 1 unspecified atom stereocenters. The number of rotatable bonds is 9. The van der Waals surface area contributed by atoms with E-state index in [1.165, 1.54) is 12.8 Å². The molecule has 1 aliphatic rings. The summed E-state index contributed by atoms with van der Waals surface area (Å²) in [5, 5.41) is 2.74. The Hall–Kier alpha value is -1.80. The molecule has 1 aromatic carbocycles. The van der Waals surface area contributed by atoms with Crippen molar-refractivity contribution in [3.8, 4) is 11.5 Å². The van der Waals surface area contributed by atoms with Crippen LogP contribution in [-0.4, -0.2) is 45.6 Å². The summed E-state index contributed by atoms with van der Waals surface area (Å²) < 4.78 is 33.7. The van der Waals surface area contributed by atoms with Gasteiger partial charge >= 0.3 is 0 Å². The molecule has 1 fully saturated rings. The topological polar surface area (TPSA) is 108 Å². The average Bonchev–Trinajstić information content (AvgIpc) is 3.10. The van der Waals surface area contributed by atoms with Crippen molar-refractivity contribution < 1.29 is 22.7 Å². The van der Waals surface area contributed by atoms with Crippen molar-refractivity contribution in [2.45, 2.75) is 50.8 Å². The van der Waals surface area contributed by atoms with Crippen molar-refractivity contribution in [2.75, 3.05) is 19.1 Å². The zero-order chi connectivity index (χ0) is 19.2. The smallest absolute Gasteiger partial charge is 0.237 e. The van der Waals surface area contributed by atoms with Gasteiger partial charge in [-0.3, -0.25) is 4.79 Å². The summed E-state index contributed by atoms with van der Waals surface area (Å²) in [6.45, 7) is 0.288. The number of sulfone groups is 1. The zero-order valence-corrected chi connectivity index (χ0v) is 16.2. The lowest BCUT2D eigenvalue weighted by Crippen LogP contribution is -2.41. The van der Waals surface area contributed by atoms with Crippen molar-refractivity contribution in [3.05, 3.63) is 23.8 Å². The molecule has 1 aromatic rings. The van der Waals surface area contributed by atoms with Gasteiger partial charge in [-0.2, -0.15) is 0 Å². The predicted octanol–water partition coefficient (Wildman–Crippen LogP) is 1.39. The van der Waals surface area contributed by atoms with E-state index in [1.54, 1.807) is 7.11 Å². The van der Waals surface area contributed by atoms with E-state index in [-0.39, 0.29) is 30.7 Å². The minimum Gasteiger partial charge on any atom is -0.493 e. The second-order valence-corrected chi connectivity index (χ2v) is 9.01. The molecule has 0 aromatic heterocycles. The lowest BCUT2D eigenvalue weighted by atomic mass is 10.1. The van der Waals surface area contributed by atoms with Gasteiger partial charge in [0, 0.05) is 12.8 Å². The number of methoxy groups -OCH3 is 1. The number of carbonyl (C=O) groups excluding carboxylic acids is 1. The number of hydrogen-bond acceptors (Lipinski definition) is 6. The van der Waals surface area contributed by atoms with E-state index in [9.17, 15) is 13.2 Å². The van der Waals surface area contributed by atoms with Gasteiger partial charge in [0.1, 0.15) is 9.84 Å². The Morgan fingerprint density at radius 2 is 2.00 bits per heavy atom. The van der Waals surface area contributed by atoms with Crippen molar-refractivity contribution in [1.29, 1.82) is 0 Å². The third-order valence-electron chi connectivity index (χ3n) is 4.43. The average molecular weight is 384 g/mol. The molecule has 3 N–H and O–H groups in total. The molecule has 0 radical (unpaired) electrons. The zero-order valence-electron chi connectivity index (χ0n) is 15.4. The molecular formula is C18H28N2O5S. The SMILES string of the molecule is COc1ccc(CNC(=O)C(N)CCS(C)(=O)=O)cc1OC1CCCC1. The van der Waals surface area contributed by atoms with E-state index in [2.05, 4.69) is 5.32 Å². The first-order valence-electron chi connectivity index (χ1n) is 8.83. The van der Waals surface area contributed by atoms with Crippen LogP contribution in [0.2, 0.25) is 0 Å². The molecule has 0 aliphatic heterocycles. The van der Waals surface area contributed by atoms with Crippen LogP contribution < -0.4 is 20.5 Å². The Kier molecular flexibility index (Phi) is 7.28. The minimum atomic E-state index is -3.14. The fourth-order valence-electron chi connectivity index (χ4n) is 2.90. The van der Waals surface area contributed by atoms with E-state index in [4.69, 9.17) is 15.2 Å². The van der Waals surface area contributed by atoms with Crippen LogP contribution in [0.5, 0.6) is 11.5 Å². The highest BCUT2D eigenvalue weighted by molar-refractivity contribution is 7.90. The highest BCUT2D eigenvalue weighted by atomic mass is 32.2.